The SMILES string of the molecule is COCC(O)COCCOCCOCCOc1c(C)c(C)c2c(c1C)CC[C@](C)(CCC[C@@H](C)CCC[C@H](C)CCCC(C)C)O2. The molecule has 7 nitrogen and oxygen atoms in total. The number of aliphatic hydroxyl groups is 1. The molecule has 0 spiro atoms. The predicted molar refractivity (Wildman–Crippen MR) is 189 cm³/mol. The zero-order valence-corrected chi connectivity index (χ0v) is 31.1. The highest BCUT2D eigenvalue weighted by atomic mass is 16.6. The molecule has 1 unspecified atom stereocenters. The van der Waals surface area contributed by atoms with Crippen LogP contribution in [0.2, 0.25) is 0 Å². The van der Waals surface area contributed by atoms with Gasteiger partial charge in [-0.2, -0.15) is 0 Å². The van der Waals surface area contributed by atoms with Crippen LogP contribution in [-0.2, 0) is 25.4 Å². The van der Waals surface area contributed by atoms with Gasteiger partial charge < -0.3 is 33.5 Å². The molecule has 268 valence electrons. The molecule has 0 amide bonds. The van der Waals surface area contributed by atoms with Crippen molar-refractivity contribution in [2.75, 3.05) is 60.0 Å². The Morgan fingerprint density at radius 3 is 1.89 bits per heavy atom. The van der Waals surface area contributed by atoms with Gasteiger partial charge in [0, 0.05) is 12.7 Å². The second-order valence-electron chi connectivity index (χ2n) is 14.7. The Balaban J connectivity index is 1.69. The quantitative estimate of drug-likeness (QED) is 0.101. The van der Waals surface area contributed by atoms with Crippen molar-refractivity contribution in [1.29, 1.82) is 0 Å². The van der Waals surface area contributed by atoms with Gasteiger partial charge in [0.05, 0.1) is 46.2 Å². The Morgan fingerprint density at radius 2 is 1.28 bits per heavy atom. The molecule has 1 aliphatic rings. The van der Waals surface area contributed by atoms with E-state index in [0.29, 0.717) is 39.6 Å². The largest absolute Gasteiger partial charge is 0.491 e. The van der Waals surface area contributed by atoms with Crippen LogP contribution in [-0.4, -0.2) is 76.8 Å². The summed E-state index contributed by atoms with van der Waals surface area (Å²) >= 11 is 0. The van der Waals surface area contributed by atoms with Crippen LogP contribution in [0.4, 0.5) is 0 Å². The first-order valence-electron chi connectivity index (χ1n) is 18.3. The fourth-order valence-electron chi connectivity index (χ4n) is 6.58. The Bertz CT molecular complexity index is 964. The average Bonchev–Trinajstić information content (AvgIpc) is 3.00. The van der Waals surface area contributed by atoms with Crippen LogP contribution in [0.25, 0.3) is 0 Å². The van der Waals surface area contributed by atoms with Gasteiger partial charge in [0.1, 0.15) is 29.8 Å². The van der Waals surface area contributed by atoms with Crippen molar-refractivity contribution in [2.24, 2.45) is 17.8 Å². The predicted octanol–water partition coefficient (Wildman–Crippen LogP) is 8.57. The van der Waals surface area contributed by atoms with E-state index in [1.54, 1.807) is 7.11 Å². The molecule has 4 atom stereocenters. The summed E-state index contributed by atoms with van der Waals surface area (Å²) in [4.78, 5) is 0. The van der Waals surface area contributed by atoms with E-state index < -0.39 is 6.10 Å². The molecule has 0 aromatic heterocycles. The molecule has 1 heterocycles. The van der Waals surface area contributed by atoms with Crippen LogP contribution in [0.5, 0.6) is 11.5 Å². The van der Waals surface area contributed by atoms with Gasteiger partial charge in [-0.1, -0.05) is 72.6 Å². The Kier molecular flexibility index (Phi) is 19.8. The third-order valence-corrected chi connectivity index (χ3v) is 9.73. The number of ether oxygens (including phenoxy) is 6. The highest BCUT2D eigenvalue weighted by Gasteiger charge is 2.34. The Morgan fingerprint density at radius 1 is 0.717 bits per heavy atom. The second-order valence-corrected chi connectivity index (χ2v) is 14.7. The molecule has 7 heteroatoms. The molecule has 2 rings (SSSR count). The molecule has 1 N–H and O–H groups in total. The van der Waals surface area contributed by atoms with Crippen LogP contribution in [0, 0.1) is 38.5 Å². The minimum absolute atomic E-state index is 0.100. The minimum Gasteiger partial charge on any atom is -0.491 e. The van der Waals surface area contributed by atoms with Gasteiger partial charge in [-0.25, -0.2) is 0 Å². The minimum atomic E-state index is -0.603. The van der Waals surface area contributed by atoms with E-state index in [2.05, 4.69) is 55.4 Å². The maximum atomic E-state index is 9.55. The molecule has 0 aliphatic carbocycles. The molecule has 0 fully saturated rings. The summed E-state index contributed by atoms with van der Waals surface area (Å²) in [6.45, 7) is 21.8. The smallest absolute Gasteiger partial charge is 0.127 e. The third-order valence-electron chi connectivity index (χ3n) is 9.73. The lowest BCUT2D eigenvalue weighted by Gasteiger charge is -2.38. The first-order valence-corrected chi connectivity index (χ1v) is 18.3. The van der Waals surface area contributed by atoms with Crippen molar-refractivity contribution >= 4 is 0 Å². The Labute approximate surface area is 282 Å². The normalized spacial score (nSPS) is 18.3. The zero-order valence-electron chi connectivity index (χ0n) is 31.1. The second kappa shape index (κ2) is 22.3. The van der Waals surface area contributed by atoms with E-state index in [1.165, 1.54) is 68.1 Å². The number of aliphatic hydroxyl groups excluding tert-OH is 1. The van der Waals surface area contributed by atoms with Gasteiger partial charge in [0.15, 0.2) is 0 Å². The molecule has 1 aliphatic heterocycles. The van der Waals surface area contributed by atoms with Crippen LogP contribution >= 0.6 is 0 Å². The highest BCUT2D eigenvalue weighted by molar-refractivity contribution is 5.59. The van der Waals surface area contributed by atoms with Gasteiger partial charge in [0.25, 0.3) is 0 Å². The van der Waals surface area contributed by atoms with Crippen molar-refractivity contribution in [1.82, 2.24) is 0 Å². The molecule has 46 heavy (non-hydrogen) atoms. The molecular formula is C39H70O7. The van der Waals surface area contributed by atoms with Gasteiger partial charge in [-0.3, -0.25) is 0 Å². The summed E-state index contributed by atoms with van der Waals surface area (Å²) in [7, 11) is 1.55. The van der Waals surface area contributed by atoms with Crippen molar-refractivity contribution < 1.29 is 33.5 Å². The number of fused-ring (bicyclic) bond motifs is 1. The van der Waals surface area contributed by atoms with Gasteiger partial charge in [-0.15, -0.1) is 0 Å². The molecule has 0 bridgehead atoms. The topological polar surface area (TPSA) is 75.6 Å². The van der Waals surface area contributed by atoms with Crippen LogP contribution in [0.3, 0.4) is 0 Å². The van der Waals surface area contributed by atoms with Crippen molar-refractivity contribution in [3.05, 3.63) is 22.3 Å². The summed E-state index contributed by atoms with van der Waals surface area (Å²) in [6, 6.07) is 0. The number of benzene rings is 1. The monoisotopic (exact) mass is 651 g/mol. The first-order chi connectivity index (χ1) is 22.0. The van der Waals surface area contributed by atoms with E-state index in [0.717, 1.165) is 54.1 Å². The molecule has 0 saturated heterocycles. The summed E-state index contributed by atoms with van der Waals surface area (Å²) in [5.74, 6) is 4.54. The van der Waals surface area contributed by atoms with Crippen molar-refractivity contribution in [3.63, 3.8) is 0 Å². The average molecular weight is 651 g/mol. The van der Waals surface area contributed by atoms with Crippen LogP contribution in [0.1, 0.15) is 121 Å². The lowest BCUT2D eigenvalue weighted by molar-refractivity contribution is -0.0300. The molecule has 1 aromatic rings. The third kappa shape index (κ3) is 15.2. The number of hydrogen-bond acceptors (Lipinski definition) is 7. The highest BCUT2D eigenvalue weighted by Crippen LogP contribution is 2.45. The summed E-state index contributed by atoms with van der Waals surface area (Å²) in [6.07, 6.45) is 13.4. The number of hydrogen-bond donors (Lipinski definition) is 1. The van der Waals surface area contributed by atoms with Gasteiger partial charge in [0.2, 0.25) is 0 Å². The van der Waals surface area contributed by atoms with E-state index in [9.17, 15) is 5.11 Å². The maximum absolute atomic E-state index is 9.55. The summed E-state index contributed by atoms with van der Waals surface area (Å²) < 4.78 is 34.6. The molecular weight excluding hydrogens is 580 g/mol. The standard InChI is InChI=1S/C39H70O7/c1-29(2)13-10-14-30(3)15-11-16-31(4)17-12-19-39(8)20-18-36-34(7)37(32(5)33(6)38(36)46-39)45-26-25-43-22-21-42-23-24-44-28-35(40)27-41-9/h29-31,35,40H,10-28H2,1-9H3/t30-,31+,35?,39+/m1/s1. The van der Waals surface area contributed by atoms with Gasteiger partial charge in [-0.05, 0) is 87.8 Å². The summed E-state index contributed by atoms with van der Waals surface area (Å²) in [5, 5.41) is 9.55. The fourth-order valence-corrected chi connectivity index (χ4v) is 6.58. The summed E-state index contributed by atoms with van der Waals surface area (Å²) in [5.41, 5.74) is 4.76. The molecule has 0 radical (unpaired) electrons. The van der Waals surface area contributed by atoms with Crippen LogP contribution in [0.15, 0.2) is 0 Å². The van der Waals surface area contributed by atoms with E-state index in [4.69, 9.17) is 28.4 Å². The van der Waals surface area contributed by atoms with Gasteiger partial charge >= 0.3 is 0 Å². The van der Waals surface area contributed by atoms with Crippen molar-refractivity contribution in [2.45, 2.75) is 138 Å². The molecule has 1 aromatic carbocycles. The van der Waals surface area contributed by atoms with Crippen molar-refractivity contribution in [3.8, 4) is 11.5 Å². The lowest BCUT2D eigenvalue weighted by atomic mass is 9.83. The number of rotatable bonds is 26. The first kappa shape index (κ1) is 40.8. The van der Waals surface area contributed by atoms with E-state index >= 15 is 0 Å². The zero-order chi connectivity index (χ0) is 34.0. The lowest BCUT2D eigenvalue weighted by Crippen LogP contribution is -2.37. The maximum Gasteiger partial charge on any atom is 0.127 e. The van der Waals surface area contributed by atoms with E-state index in [1.807, 2.05) is 0 Å². The van der Waals surface area contributed by atoms with Crippen LogP contribution < -0.4 is 9.47 Å². The van der Waals surface area contributed by atoms with E-state index in [-0.39, 0.29) is 18.8 Å². The molecule has 0 saturated carbocycles. The Hall–Kier alpha value is -1.38. The fraction of sp³-hybridized carbons (Fsp3) is 0.846. The number of methoxy groups -OCH3 is 1.